The van der Waals surface area contributed by atoms with Crippen molar-refractivity contribution in [2.75, 3.05) is 50.6 Å². The highest BCUT2D eigenvalue weighted by Crippen LogP contribution is 2.33. The topological polar surface area (TPSA) is 134 Å². The van der Waals surface area contributed by atoms with Crippen LogP contribution in [0, 0.1) is 19.7 Å². The monoisotopic (exact) mass is 510 g/mol. The summed E-state index contributed by atoms with van der Waals surface area (Å²) in [5.74, 6) is -0.628. The Morgan fingerprint density at radius 3 is 2.38 bits per heavy atom. The molecule has 0 radical (unpaired) electrons. The molecule has 0 atom stereocenters. The lowest BCUT2D eigenvalue weighted by atomic mass is 10.1. The van der Waals surface area contributed by atoms with Crippen LogP contribution in [0.15, 0.2) is 36.5 Å². The van der Waals surface area contributed by atoms with Crippen molar-refractivity contribution in [2.45, 2.75) is 13.8 Å². The quantitative estimate of drug-likeness (QED) is 0.427. The van der Waals surface area contributed by atoms with Crippen LogP contribution in [0.4, 0.5) is 21.6 Å². The molecule has 0 spiro atoms. The summed E-state index contributed by atoms with van der Waals surface area (Å²) in [5.41, 5.74) is 9.97. The number of nitrogens with one attached hydrogen (secondary N) is 1. The zero-order valence-corrected chi connectivity index (χ0v) is 21.3. The lowest BCUT2D eigenvalue weighted by molar-refractivity contribution is -0.122. The lowest BCUT2D eigenvalue weighted by Gasteiger charge is -2.36. The van der Waals surface area contributed by atoms with Gasteiger partial charge in [-0.15, -0.1) is 0 Å². The van der Waals surface area contributed by atoms with Gasteiger partial charge in [-0.3, -0.25) is 9.59 Å². The molecular weight excluding hydrogens is 479 g/mol. The number of aryl methyl sites for hydroxylation is 2. The molecule has 37 heavy (non-hydrogen) atoms. The molecule has 4 N–H and O–H groups in total. The number of ether oxygens (including phenoxy) is 1. The number of piperazine rings is 1. The van der Waals surface area contributed by atoms with Gasteiger partial charge in [0.05, 0.1) is 12.7 Å². The van der Waals surface area contributed by atoms with Gasteiger partial charge in [-0.05, 0) is 56.3 Å². The second-order valence-corrected chi connectivity index (χ2v) is 8.62. The van der Waals surface area contributed by atoms with E-state index in [0.717, 1.165) is 43.0 Å². The van der Waals surface area contributed by atoms with Crippen LogP contribution in [0.1, 0.15) is 21.5 Å². The number of carboxylic acid groups (broad SMARTS) is 1. The van der Waals surface area contributed by atoms with Gasteiger partial charge in [0.25, 0.3) is 12.4 Å². The maximum absolute atomic E-state index is 14.6. The molecule has 1 fully saturated rings. The molecule has 1 saturated heterocycles. The average molecular weight is 511 g/mol. The number of aromatic nitrogens is 2. The molecule has 1 aliphatic heterocycles. The summed E-state index contributed by atoms with van der Waals surface area (Å²) in [6.45, 7) is 7.86. The number of rotatable bonds is 6. The van der Waals surface area contributed by atoms with Crippen LogP contribution >= 0.6 is 0 Å². The predicted molar refractivity (Wildman–Crippen MR) is 140 cm³/mol. The molecule has 10 nitrogen and oxygen atoms in total. The van der Waals surface area contributed by atoms with Gasteiger partial charge in [-0.2, -0.15) is 0 Å². The van der Waals surface area contributed by atoms with Crippen molar-refractivity contribution < 1.29 is 23.8 Å². The fraction of sp³-hybridized carbons (Fsp3) is 0.308. The van der Waals surface area contributed by atoms with Gasteiger partial charge >= 0.3 is 0 Å². The van der Waals surface area contributed by atoms with Crippen LogP contribution in [-0.4, -0.2) is 72.7 Å². The number of primary amides is 1. The summed E-state index contributed by atoms with van der Waals surface area (Å²) in [6.07, 6.45) is 1.30. The van der Waals surface area contributed by atoms with Gasteiger partial charge in [0, 0.05) is 43.8 Å². The fourth-order valence-corrected chi connectivity index (χ4v) is 4.36. The molecule has 2 aromatic carbocycles. The Labute approximate surface area is 214 Å². The number of anilines is 3. The standard InChI is InChI=1S/C25H29FN6O2.CH2O2/c1-15-12-17(13-16(2)22(15)32-10-8-31(3)9-11-32)29-24-18(23(27)33)14-28-25(30-24)21-19(26)6-5-7-20(21)34-4;2-1-3/h5-7,12-14H,8-11H2,1-4H3,(H2,27,33)(H,28,29,30);1H,(H,2,3). The van der Waals surface area contributed by atoms with E-state index in [-0.39, 0.29) is 29.2 Å². The van der Waals surface area contributed by atoms with Crippen LogP contribution < -0.4 is 20.7 Å². The van der Waals surface area contributed by atoms with Crippen molar-refractivity contribution in [1.29, 1.82) is 0 Å². The minimum Gasteiger partial charge on any atom is -0.496 e. The highest BCUT2D eigenvalue weighted by molar-refractivity contribution is 5.98. The third-order valence-electron chi connectivity index (χ3n) is 6.05. The van der Waals surface area contributed by atoms with Crippen LogP contribution in [0.25, 0.3) is 11.4 Å². The average Bonchev–Trinajstić information content (AvgIpc) is 2.85. The van der Waals surface area contributed by atoms with E-state index in [1.165, 1.54) is 25.1 Å². The summed E-state index contributed by atoms with van der Waals surface area (Å²) in [6, 6.07) is 8.50. The normalized spacial score (nSPS) is 13.4. The Morgan fingerprint density at radius 1 is 1.19 bits per heavy atom. The van der Waals surface area contributed by atoms with E-state index in [4.69, 9.17) is 20.4 Å². The van der Waals surface area contributed by atoms with E-state index in [0.29, 0.717) is 5.75 Å². The van der Waals surface area contributed by atoms with E-state index in [1.54, 1.807) is 12.1 Å². The van der Waals surface area contributed by atoms with E-state index in [2.05, 4.69) is 46.0 Å². The number of amides is 1. The third-order valence-corrected chi connectivity index (χ3v) is 6.05. The van der Waals surface area contributed by atoms with E-state index >= 15 is 0 Å². The molecule has 0 aliphatic carbocycles. The maximum atomic E-state index is 14.6. The fourth-order valence-electron chi connectivity index (χ4n) is 4.36. The van der Waals surface area contributed by atoms with Crippen LogP contribution in [0.3, 0.4) is 0 Å². The largest absolute Gasteiger partial charge is 0.496 e. The Hall–Kier alpha value is -4.25. The summed E-state index contributed by atoms with van der Waals surface area (Å²) < 4.78 is 19.9. The highest BCUT2D eigenvalue weighted by Gasteiger charge is 2.21. The molecular formula is C26H31FN6O4. The van der Waals surface area contributed by atoms with Crippen molar-refractivity contribution in [2.24, 2.45) is 5.73 Å². The Bertz CT molecular complexity index is 1250. The molecule has 2 heterocycles. The van der Waals surface area contributed by atoms with Crippen LogP contribution in [0.2, 0.25) is 0 Å². The Balaban J connectivity index is 0.00000121. The molecule has 11 heteroatoms. The number of benzene rings is 2. The Morgan fingerprint density at radius 2 is 1.81 bits per heavy atom. The highest BCUT2D eigenvalue weighted by atomic mass is 19.1. The second-order valence-electron chi connectivity index (χ2n) is 8.62. The molecule has 0 saturated carbocycles. The van der Waals surface area contributed by atoms with Crippen molar-refractivity contribution in [3.8, 4) is 17.1 Å². The van der Waals surface area contributed by atoms with E-state index in [1.807, 2.05) is 12.1 Å². The SMILES string of the molecule is COc1cccc(F)c1-c1ncc(C(N)=O)c(Nc2cc(C)c(N3CCN(C)CC3)c(C)c2)n1.O=CO. The van der Waals surface area contributed by atoms with Gasteiger partial charge < -0.3 is 30.7 Å². The number of carbonyl (C=O) groups is 2. The number of carbonyl (C=O) groups excluding carboxylic acids is 1. The first kappa shape index (κ1) is 27.3. The molecule has 1 aromatic heterocycles. The molecule has 4 rings (SSSR count). The number of methoxy groups -OCH3 is 1. The van der Waals surface area contributed by atoms with Crippen molar-refractivity contribution >= 4 is 29.6 Å². The zero-order chi connectivity index (χ0) is 27.1. The smallest absolute Gasteiger partial charge is 0.290 e. The van der Waals surface area contributed by atoms with Crippen molar-refractivity contribution in [3.05, 3.63) is 59.0 Å². The van der Waals surface area contributed by atoms with Gasteiger partial charge in [0.1, 0.15) is 22.9 Å². The van der Waals surface area contributed by atoms with Crippen LogP contribution in [-0.2, 0) is 4.79 Å². The number of hydrogen-bond acceptors (Lipinski definition) is 8. The van der Waals surface area contributed by atoms with Crippen LogP contribution in [0.5, 0.6) is 5.75 Å². The van der Waals surface area contributed by atoms with Gasteiger partial charge in [-0.25, -0.2) is 14.4 Å². The van der Waals surface area contributed by atoms with Crippen molar-refractivity contribution in [3.63, 3.8) is 0 Å². The van der Waals surface area contributed by atoms with E-state index in [9.17, 15) is 9.18 Å². The first-order valence-electron chi connectivity index (χ1n) is 11.6. The van der Waals surface area contributed by atoms with Gasteiger partial charge in [0.2, 0.25) is 0 Å². The molecule has 196 valence electrons. The number of halogens is 1. The summed E-state index contributed by atoms with van der Waals surface area (Å²) in [4.78, 5) is 33.8. The maximum Gasteiger partial charge on any atom is 0.290 e. The van der Waals surface area contributed by atoms with Crippen molar-refractivity contribution in [1.82, 2.24) is 14.9 Å². The molecule has 0 bridgehead atoms. The van der Waals surface area contributed by atoms with Gasteiger partial charge in [0.15, 0.2) is 5.82 Å². The number of nitrogens with two attached hydrogens (primary N) is 1. The zero-order valence-electron chi connectivity index (χ0n) is 21.3. The first-order chi connectivity index (χ1) is 17.7. The Kier molecular flexibility index (Phi) is 8.96. The molecule has 0 unspecified atom stereocenters. The predicted octanol–water partition coefficient (Wildman–Crippen LogP) is 3.20. The second kappa shape index (κ2) is 12.1. The number of likely N-dealkylation sites (N-methyl/N-ethyl adjacent to an activating group) is 1. The lowest BCUT2D eigenvalue weighted by Crippen LogP contribution is -2.45. The minimum atomic E-state index is -0.683. The number of hydrogen-bond donors (Lipinski definition) is 3. The summed E-state index contributed by atoms with van der Waals surface area (Å²) >= 11 is 0. The first-order valence-corrected chi connectivity index (χ1v) is 11.6. The van der Waals surface area contributed by atoms with E-state index < -0.39 is 11.7 Å². The third kappa shape index (κ3) is 6.31. The number of nitrogens with zero attached hydrogens (tertiary/aromatic N) is 4. The molecule has 3 aromatic rings. The van der Waals surface area contributed by atoms with Gasteiger partial charge in [-0.1, -0.05) is 6.07 Å². The minimum absolute atomic E-state index is 0.0879. The molecule has 1 amide bonds. The molecule has 1 aliphatic rings. The summed E-state index contributed by atoms with van der Waals surface area (Å²) in [5, 5.41) is 10.1. The summed E-state index contributed by atoms with van der Waals surface area (Å²) in [7, 11) is 3.58.